The summed E-state index contributed by atoms with van der Waals surface area (Å²) in [6.45, 7) is 10.6. The zero-order valence-electron chi connectivity index (χ0n) is 11.5. The van der Waals surface area contributed by atoms with Gasteiger partial charge in [0.15, 0.2) is 5.13 Å². The minimum Gasteiger partial charge on any atom is -0.387 e. The van der Waals surface area contributed by atoms with Gasteiger partial charge in [-0.3, -0.25) is 4.90 Å². The molecule has 0 amide bonds. The van der Waals surface area contributed by atoms with Crippen molar-refractivity contribution in [1.82, 2.24) is 9.88 Å². The quantitative estimate of drug-likeness (QED) is 0.909. The summed E-state index contributed by atoms with van der Waals surface area (Å²) in [5.74, 6) is 0. The largest absolute Gasteiger partial charge is 0.387 e. The van der Waals surface area contributed by atoms with Crippen LogP contribution in [0.5, 0.6) is 0 Å². The van der Waals surface area contributed by atoms with Crippen molar-refractivity contribution in [2.75, 3.05) is 31.1 Å². The van der Waals surface area contributed by atoms with Gasteiger partial charge in [-0.1, -0.05) is 6.92 Å². The molecule has 18 heavy (non-hydrogen) atoms. The molecule has 102 valence electrons. The van der Waals surface area contributed by atoms with Crippen LogP contribution in [0.4, 0.5) is 5.13 Å². The fourth-order valence-electron chi connectivity index (χ4n) is 2.23. The van der Waals surface area contributed by atoms with Gasteiger partial charge in [0.25, 0.3) is 0 Å². The van der Waals surface area contributed by atoms with Gasteiger partial charge in [-0.2, -0.15) is 0 Å². The van der Waals surface area contributed by atoms with Crippen molar-refractivity contribution in [3.8, 4) is 0 Å². The topological polar surface area (TPSA) is 39.6 Å². The molecule has 5 heteroatoms. The lowest BCUT2D eigenvalue weighted by Gasteiger charge is -2.37. The lowest BCUT2D eigenvalue weighted by Crippen LogP contribution is -2.49. The highest BCUT2D eigenvalue weighted by Gasteiger charge is 2.22. The van der Waals surface area contributed by atoms with Crippen molar-refractivity contribution in [1.29, 1.82) is 0 Å². The number of piperazine rings is 1. The van der Waals surface area contributed by atoms with Gasteiger partial charge in [-0.25, -0.2) is 4.98 Å². The molecular formula is C13H23N3OS. The van der Waals surface area contributed by atoms with Crippen LogP contribution < -0.4 is 4.90 Å². The molecule has 1 aliphatic rings. The van der Waals surface area contributed by atoms with E-state index in [0.717, 1.165) is 37.0 Å². The van der Waals surface area contributed by atoms with Crippen LogP contribution in [0, 0.1) is 0 Å². The maximum atomic E-state index is 9.50. The maximum Gasteiger partial charge on any atom is 0.185 e. The summed E-state index contributed by atoms with van der Waals surface area (Å²) in [6.07, 6.45) is 0.750. The van der Waals surface area contributed by atoms with Crippen LogP contribution in [0.2, 0.25) is 0 Å². The summed E-state index contributed by atoms with van der Waals surface area (Å²) >= 11 is 1.64. The van der Waals surface area contributed by atoms with E-state index in [2.05, 4.69) is 28.6 Å². The molecule has 2 rings (SSSR count). The smallest absolute Gasteiger partial charge is 0.185 e. The maximum absolute atomic E-state index is 9.50. The summed E-state index contributed by atoms with van der Waals surface area (Å²) in [5, 5.41) is 12.5. The van der Waals surface area contributed by atoms with E-state index in [1.807, 2.05) is 5.38 Å². The second-order valence-electron chi connectivity index (χ2n) is 5.01. The number of rotatable bonds is 4. The number of hydrogen-bond donors (Lipinski definition) is 1. The summed E-state index contributed by atoms with van der Waals surface area (Å²) in [7, 11) is 0. The minimum absolute atomic E-state index is 0.462. The molecule has 1 saturated heterocycles. The number of thiazole rings is 1. The van der Waals surface area contributed by atoms with Crippen molar-refractivity contribution in [2.24, 2.45) is 0 Å². The summed E-state index contributed by atoms with van der Waals surface area (Å²) in [5.41, 5.74) is 0.791. The van der Waals surface area contributed by atoms with Crippen molar-refractivity contribution in [2.45, 2.75) is 39.3 Å². The normalized spacial score (nSPS) is 21.0. The minimum atomic E-state index is -0.462. The van der Waals surface area contributed by atoms with Gasteiger partial charge in [0, 0.05) is 37.6 Å². The number of aliphatic hydroxyl groups is 1. The van der Waals surface area contributed by atoms with E-state index in [1.165, 1.54) is 6.42 Å². The standard InChI is InChI=1S/C13H23N3OS/c1-4-10(2)15-5-7-16(8-6-15)13-14-12(9-18-13)11(3)17/h9-11,17H,4-8H2,1-3H3. The fraction of sp³-hybridized carbons (Fsp3) is 0.769. The molecule has 2 heterocycles. The molecule has 0 bridgehead atoms. The first-order valence-electron chi connectivity index (χ1n) is 6.74. The van der Waals surface area contributed by atoms with Crippen LogP contribution >= 0.6 is 11.3 Å². The average molecular weight is 269 g/mol. The van der Waals surface area contributed by atoms with Crippen molar-refractivity contribution in [3.63, 3.8) is 0 Å². The highest BCUT2D eigenvalue weighted by atomic mass is 32.1. The summed E-state index contributed by atoms with van der Waals surface area (Å²) in [6, 6.07) is 0.677. The Kier molecular flexibility index (Phi) is 4.59. The van der Waals surface area contributed by atoms with E-state index in [4.69, 9.17) is 0 Å². The van der Waals surface area contributed by atoms with E-state index in [0.29, 0.717) is 6.04 Å². The van der Waals surface area contributed by atoms with Crippen LogP contribution in [0.15, 0.2) is 5.38 Å². The van der Waals surface area contributed by atoms with Crippen LogP contribution in [0.1, 0.15) is 39.0 Å². The number of aliphatic hydroxyl groups excluding tert-OH is 1. The predicted molar refractivity (Wildman–Crippen MR) is 76.3 cm³/mol. The summed E-state index contributed by atoms with van der Waals surface area (Å²) in [4.78, 5) is 9.37. The summed E-state index contributed by atoms with van der Waals surface area (Å²) < 4.78 is 0. The molecule has 0 aromatic carbocycles. The first kappa shape index (κ1) is 13.8. The molecule has 1 aliphatic heterocycles. The Balaban J connectivity index is 1.92. The number of aromatic nitrogens is 1. The SMILES string of the molecule is CCC(C)N1CCN(c2nc(C(C)O)cs2)CC1. The monoisotopic (exact) mass is 269 g/mol. The second-order valence-corrected chi connectivity index (χ2v) is 5.85. The average Bonchev–Trinajstić information content (AvgIpc) is 2.88. The molecule has 0 aliphatic carbocycles. The molecule has 1 fully saturated rings. The van der Waals surface area contributed by atoms with E-state index in [1.54, 1.807) is 18.3 Å². The molecule has 1 aromatic heterocycles. The zero-order valence-corrected chi connectivity index (χ0v) is 12.3. The Morgan fingerprint density at radius 3 is 2.50 bits per heavy atom. The molecule has 2 atom stereocenters. The van der Waals surface area contributed by atoms with E-state index in [9.17, 15) is 5.11 Å². The van der Waals surface area contributed by atoms with Crippen molar-refractivity contribution >= 4 is 16.5 Å². The molecule has 0 spiro atoms. The van der Waals surface area contributed by atoms with Gasteiger partial charge in [0.2, 0.25) is 0 Å². The zero-order chi connectivity index (χ0) is 13.1. The van der Waals surface area contributed by atoms with Crippen LogP contribution in [0.3, 0.4) is 0 Å². The molecule has 0 radical (unpaired) electrons. The highest BCUT2D eigenvalue weighted by molar-refractivity contribution is 7.13. The van der Waals surface area contributed by atoms with Crippen molar-refractivity contribution in [3.05, 3.63) is 11.1 Å². The van der Waals surface area contributed by atoms with Gasteiger partial charge in [0.1, 0.15) is 0 Å². The first-order chi connectivity index (χ1) is 8.61. The lowest BCUT2D eigenvalue weighted by molar-refractivity contribution is 0.191. The number of hydrogen-bond acceptors (Lipinski definition) is 5. The van der Waals surface area contributed by atoms with Gasteiger partial charge in [-0.15, -0.1) is 11.3 Å². The third-order valence-electron chi connectivity index (χ3n) is 3.74. The Morgan fingerprint density at radius 2 is 2.00 bits per heavy atom. The third-order valence-corrected chi connectivity index (χ3v) is 4.66. The van der Waals surface area contributed by atoms with Gasteiger partial charge in [-0.05, 0) is 20.3 Å². The van der Waals surface area contributed by atoms with E-state index in [-0.39, 0.29) is 0 Å². The Morgan fingerprint density at radius 1 is 1.33 bits per heavy atom. The number of anilines is 1. The highest BCUT2D eigenvalue weighted by Crippen LogP contribution is 2.25. The molecule has 1 aromatic rings. The first-order valence-corrected chi connectivity index (χ1v) is 7.62. The van der Waals surface area contributed by atoms with Crippen molar-refractivity contribution < 1.29 is 5.11 Å². The lowest BCUT2D eigenvalue weighted by atomic mass is 10.2. The van der Waals surface area contributed by atoms with Crippen LogP contribution in [-0.2, 0) is 0 Å². The molecule has 1 N–H and O–H groups in total. The van der Waals surface area contributed by atoms with Gasteiger partial charge < -0.3 is 10.0 Å². The van der Waals surface area contributed by atoms with E-state index >= 15 is 0 Å². The van der Waals surface area contributed by atoms with Crippen LogP contribution in [-0.4, -0.2) is 47.2 Å². The third kappa shape index (κ3) is 3.02. The molecular weight excluding hydrogens is 246 g/mol. The van der Waals surface area contributed by atoms with Crippen LogP contribution in [0.25, 0.3) is 0 Å². The van der Waals surface area contributed by atoms with E-state index < -0.39 is 6.10 Å². The predicted octanol–water partition coefficient (Wildman–Crippen LogP) is 2.12. The molecule has 0 saturated carbocycles. The van der Waals surface area contributed by atoms with Gasteiger partial charge in [0.05, 0.1) is 11.8 Å². The molecule has 4 nitrogen and oxygen atoms in total. The Bertz CT molecular complexity index is 372. The Labute approximate surface area is 113 Å². The molecule has 2 unspecified atom stereocenters. The second kappa shape index (κ2) is 5.99. The Hall–Kier alpha value is -0.650. The fourth-order valence-corrected chi connectivity index (χ4v) is 3.19. The van der Waals surface area contributed by atoms with Gasteiger partial charge >= 0.3 is 0 Å². The number of nitrogens with zero attached hydrogens (tertiary/aromatic N) is 3.